The number of ether oxygens (including phenoxy) is 2. The molecule has 1 atom stereocenters. The van der Waals surface area contributed by atoms with E-state index in [0.29, 0.717) is 11.7 Å². The van der Waals surface area contributed by atoms with Crippen LogP contribution in [-0.4, -0.2) is 12.3 Å². The second-order valence-corrected chi connectivity index (χ2v) is 4.82. The average Bonchev–Trinajstić information content (AvgIpc) is 2.29. The van der Waals surface area contributed by atoms with E-state index in [-0.39, 0.29) is 6.10 Å². The molecule has 0 radical (unpaired) electrons. The Morgan fingerprint density at radius 2 is 1.89 bits per heavy atom. The molecule has 1 aromatic rings. The van der Waals surface area contributed by atoms with Gasteiger partial charge in [-0.05, 0) is 30.9 Å². The number of benzene rings is 1. The first-order valence-corrected chi connectivity index (χ1v) is 6.55. The van der Waals surface area contributed by atoms with Crippen LogP contribution >= 0.6 is 0 Å². The second-order valence-electron chi connectivity index (χ2n) is 4.82. The molecule has 0 aliphatic rings. The van der Waals surface area contributed by atoms with Gasteiger partial charge in [0.05, 0.1) is 0 Å². The number of hydrogen-bond acceptors (Lipinski definition) is 3. The highest BCUT2D eigenvalue weighted by molar-refractivity contribution is 5.63. The number of rotatable bonds is 6. The number of hydrogen-bond donors (Lipinski definition) is 0. The van der Waals surface area contributed by atoms with Crippen molar-refractivity contribution in [1.82, 2.24) is 0 Å². The Morgan fingerprint density at radius 1 is 1.22 bits per heavy atom. The van der Waals surface area contributed by atoms with E-state index in [4.69, 9.17) is 9.47 Å². The summed E-state index contributed by atoms with van der Waals surface area (Å²) in [4.78, 5) is 11.6. The molecular formula is C15H22O3. The summed E-state index contributed by atoms with van der Waals surface area (Å²) in [7, 11) is 0. The van der Waals surface area contributed by atoms with Crippen molar-refractivity contribution in [2.75, 3.05) is 0 Å². The van der Waals surface area contributed by atoms with Gasteiger partial charge in [-0.15, -0.1) is 0 Å². The van der Waals surface area contributed by atoms with E-state index >= 15 is 0 Å². The molecule has 3 heteroatoms. The molecule has 1 rings (SSSR count). The SMILES string of the molecule is CCCC(CC(C)C)OC(=O)Oc1ccccc1. The minimum absolute atomic E-state index is 0.0498. The van der Waals surface area contributed by atoms with Gasteiger partial charge in [0.1, 0.15) is 11.9 Å². The normalized spacial score (nSPS) is 12.2. The van der Waals surface area contributed by atoms with Crippen molar-refractivity contribution in [2.45, 2.75) is 46.1 Å². The van der Waals surface area contributed by atoms with Crippen molar-refractivity contribution in [1.29, 1.82) is 0 Å². The van der Waals surface area contributed by atoms with Crippen LogP contribution in [0.4, 0.5) is 4.79 Å². The Morgan fingerprint density at radius 3 is 2.44 bits per heavy atom. The summed E-state index contributed by atoms with van der Waals surface area (Å²) in [6.07, 6.45) is 2.09. The Labute approximate surface area is 109 Å². The molecule has 0 spiro atoms. The Balaban J connectivity index is 2.45. The molecule has 0 N–H and O–H groups in total. The van der Waals surface area contributed by atoms with Crippen LogP contribution < -0.4 is 4.74 Å². The zero-order valence-electron chi connectivity index (χ0n) is 11.4. The smallest absolute Gasteiger partial charge is 0.431 e. The lowest BCUT2D eigenvalue weighted by Crippen LogP contribution is -2.22. The van der Waals surface area contributed by atoms with Crippen LogP contribution in [0, 0.1) is 5.92 Å². The van der Waals surface area contributed by atoms with E-state index in [1.165, 1.54) is 0 Å². The van der Waals surface area contributed by atoms with E-state index in [2.05, 4.69) is 20.8 Å². The topological polar surface area (TPSA) is 35.5 Å². The van der Waals surface area contributed by atoms with Crippen LogP contribution in [-0.2, 0) is 4.74 Å². The monoisotopic (exact) mass is 250 g/mol. The summed E-state index contributed by atoms with van der Waals surface area (Å²) < 4.78 is 10.5. The minimum Gasteiger partial charge on any atom is -0.431 e. The summed E-state index contributed by atoms with van der Waals surface area (Å²) in [6, 6.07) is 8.98. The third-order valence-corrected chi connectivity index (χ3v) is 2.55. The Bertz CT molecular complexity index is 346. The van der Waals surface area contributed by atoms with E-state index in [1.54, 1.807) is 12.1 Å². The average molecular weight is 250 g/mol. The predicted octanol–water partition coefficient (Wildman–Crippen LogP) is 4.42. The van der Waals surface area contributed by atoms with Crippen molar-refractivity contribution >= 4 is 6.16 Å². The van der Waals surface area contributed by atoms with Crippen molar-refractivity contribution in [3.8, 4) is 5.75 Å². The highest BCUT2D eigenvalue weighted by atomic mass is 16.7. The zero-order valence-corrected chi connectivity index (χ0v) is 11.4. The van der Waals surface area contributed by atoms with Gasteiger partial charge in [0, 0.05) is 0 Å². The molecule has 0 heterocycles. The standard InChI is InChI=1S/C15H22O3/c1-4-8-14(11-12(2)3)18-15(16)17-13-9-6-5-7-10-13/h5-7,9-10,12,14H,4,8,11H2,1-3H3. The first-order valence-electron chi connectivity index (χ1n) is 6.55. The molecule has 1 unspecified atom stereocenters. The van der Waals surface area contributed by atoms with Crippen LogP contribution in [0.2, 0.25) is 0 Å². The summed E-state index contributed by atoms with van der Waals surface area (Å²) in [5.74, 6) is 1.02. The largest absolute Gasteiger partial charge is 0.514 e. The lowest BCUT2D eigenvalue weighted by molar-refractivity contribution is 0.0450. The van der Waals surface area contributed by atoms with Crippen molar-refractivity contribution in [3.05, 3.63) is 30.3 Å². The molecule has 1 aromatic carbocycles. The van der Waals surface area contributed by atoms with E-state index in [9.17, 15) is 4.79 Å². The van der Waals surface area contributed by atoms with Crippen LogP contribution in [0.5, 0.6) is 5.75 Å². The second kappa shape index (κ2) is 7.75. The van der Waals surface area contributed by atoms with Crippen LogP contribution in [0.3, 0.4) is 0 Å². The summed E-state index contributed by atoms with van der Waals surface area (Å²) in [6.45, 7) is 6.32. The molecule has 0 fully saturated rings. The highest BCUT2D eigenvalue weighted by Crippen LogP contribution is 2.16. The zero-order chi connectivity index (χ0) is 13.4. The first kappa shape index (κ1) is 14.6. The number of carbonyl (C=O) groups excluding carboxylic acids is 1. The third-order valence-electron chi connectivity index (χ3n) is 2.55. The number of carbonyl (C=O) groups is 1. The van der Waals surface area contributed by atoms with Gasteiger partial charge in [-0.3, -0.25) is 0 Å². The molecule has 3 nitrogen and oxygen atoms in total. The summed E-state index contributed by atoms with van der Waals surface area (Å²) in [5, 5.41) is 0. The molecule has 0 saturated heterocycles. The Hall–Kier alpha value is -1.51. The van der Waals surface area contributed by atoms with E-state index < -0.39 is 6.16 Å². The van der Waals surface area contributed by atoms with Gasteiger partial charge in [0.2, 0.25) is 0 Å². The van der Waals surface area contributed by atoms with Crippen LogP contribution in [0.25, 0.3) is 0 Å². The maximum Gasteiger partial charge on any atom is 0.514 e. The van der Waals surface area contributed by atoms with Crippen molar-refractivity contribution in [3.63, 3.8) is 0 Å². The molecule has 0 aliphatic heterocycles. The van der Waals surface area contributed by atoms with Gasteiger partial charge in [0.15, 0.2) is 0 Å². The van der Waals surface area contributed by atoms with Gasteiger partial charge in [-0.2, -0.15) is 0 Å². The fourth-order valence-corrected chi connectivity index (χ4v) is 1.82. The first-order chi connectivity index (χ1) is 8.61. The summed E-state index contributed by atoms with van der Waals surface area (Å²) in [5.41, 5.74) is 0. The molecular weight excluding hydrogens is 228 g/mol. The molecule has 0 saturated carbocycles. The van der Waals surface area contributed by atoms with Crippen molar-refractivity contribution < 1.29 is 14.3 Å². The van der Waals surface area contributed by atoms with Crippen molar-refractivity contribution in [2.24, 2.45) is 5.92 Å². The lowest BCUT2D eigenvalue weighted by atomic mass is 10.0. The quantitative estimate of drug-likeness (QED) is 0.554. The fourth-order valence-electron chi connectivity index (χ4n) is 1.82. The molecule has 0 aromatic heterocycles. The Kier molecular flexibility index (Phi) is 6.26. The van der Waals surface area contributed by atoms with Gasteiger partial charge in [-0.25, -0.2) is 4.79 Å². The molecule has 100 valence electrons. The van der Waals surface area contributed by atoms with Gasteiger partial charge >= 0.3 is 6.16 Å². The van der Waals surface area contributed by atoms with E-state index in [0.717, 1.165) is 19.3 Å². The summed E-state index contributed by atoms with van der Waals surface area (Å²) >= 11 is 0. The molecule has 0 aliphatic carbocycles. The maximum absolute atomic E-state index is 11.6. The molecule has 0 bridgehead atoms. The van der Waals surface area contributed by atoms with Gasteiger partial charge in [-0.1, -0.05) is 45.4 Å². The molecule has 18 heavy (non-hydrogen) atoms. The third kappa shape index (κ3) is 5.71. The number of para-hydroxylation sites is 1. The highest BCUT2D eigenvalue weighted by Gasteiger charge is 2.16. The predicted molar refractivity (Wildman–Crippen MR) is 71.7 cm³/mol. The fraction of sp³-hybridized carbons (Fsp3) is 0.533. The molecule has 0 amide bonds. The maximum atomic E-state index is 11.6. The van der Waals surface area contributed by atoms with Gasteiger partial charge < -0.3 is 9.47 Å². The van der Waals surface area contributed by atoms with E-state index in [1.807, 2.05) is 18.2 Å². The van der Waals surface area contributed by atoms with Gasteiger partial charge in [0.25, 0.3) is 0 Å². The minimum atomic E-state index is -0.611. The van der Waals surface area contributed by atoms with Crippen LogP contribution in [0.1, 0.15) is 40.0 Å². The lowest BCUT2D eigenvalue weighted by Gasteiger charge is -2.18. The van der Waals surface area contributed by atoms with Crippen LogP contribution in [0.15, 0.2) is 30.3 Å².